The van der Waals surface area contributed by atoms with Crippen molar-refractivity contribution in [3.05, 3.63) is 0 Å². The van der Waals surface area contributed by atoms with E-state index >= 15 is 0 Å². The van der Waals surface area contributed by atoms with E-state index in [1.807, 2.05) is 0 Å². The van der Waals surface area contributed by atoms with Gasteiger partial charge in [0, 0.05) is 18.1 Å². The Morgan fingerprint density at radius 2 is 2.00 bits per heavy atom. The third-order valence-corrected chi connectivity index (χ3v) is 3.82. The van der Waals surface area contributed by atoms with Crippen LogP contribution in [0.1, 0.15) is 52.4 Å². The molecule has 0 amide bonds. The summed E-state index contributed by atoms with van der Waals surface area (Å²) in [6.45, 7) is 4.76. The van der Waals surface area contributed by atoms with E-state index in [4.69, 9.17) is 0 Å². The second-order valence-electron chi connectivity index (χ2n) is 4.52. The quantitative estimate of drug-likeness (QED) is 0.580. The van der Waals surface area contributed by atoms with Gasteiger partial charge in [0.25, 0.3) is 0 Å². The van der Waals surface area contributed by atoms with Crippen LogP contribution < -0.4 is 0 Å². The molecule has 70 valence electrons. The molecule has 2 saturated heterocycles. The van der Waals surface area contributed by atoms with Crippen LogP contribution in [0.2, 0.25) is 0 Å². The van der Waals surface area contributed by atoms with Gasteiger partial charge in [-0.3, -0.25) is 4.90 Å². The summed E-state index contributed by atoms with van der Waals surface area (Å²) in [4.78, 5) is 2.81. The van der Waals surface area contributed by atoms with Crippen LogP contribution in [0.15, 0.2) is 0 Å². The van der Waals surface area contributed by atoms with Crippen LogP contribution in [0, 0.1) is 0 Å². The summed E-state index contributed by atoms with van der Waals surface area (Å²) >= 11 is 0. The van der Waals surface area contributed by atoms with Gasteiger partial charge in [0.15, 0.2) is 0 Å². The Labute approximate surface area is 76.1 Å². The lowest BCUT2D eigenvalue weighted by Gasteiger charge is -2.39. The van der Waals surface area contributed by atoms with Gasteiger partial charge in [-0.15, -0.1) is 0 Å². The fourth-order valence-corrected chi connectivity index (χ4v) is 3.21. The Balaban J connectivity index is 2.06. The summed E-state index contributed by atoms with van der Waals surface area (Å²) in [6.07, 6.45) is 8.68. The highest BCUT2D eigenvalue weighted by atomic mass is 15.2. The first-order valence-corrected chi connectivity index (χ1v) is 5.60. The number of fused-ring (bicyclic) bond motifs is 1. The topological polar surface area (TPSA) is 3.24 Å². The fourth-order valence-electron chi connectivity index (χ4n) is 3.21. The molecule has 2 aliphatic heterocycles. The van der Waals surface area contributed by atoms with Crippen molar-refractivity contribution in [2.45, 2.75) is 70.5 Å². The van der Waals surface area contributed by atoms with Crippen molar-refractivity contribution in [3.8, 4) is 0 Å². The molecule has 0 aromatic heterocycles. The van der Waals surface area contributed by atoms with E-state index in [1.165, 1.54) is 38.5 Å². The van der Waals surface area contributed by atoms with Gasteiger partial charge < -0.3 is 0 Å². The molecule has 0 aliphatic carbocycles. The standard InChI is InChI=1S/C11H21N/c1-3-10-7-8-11-6-4-5-9(2)12(10)11/h9-11H,3-8H2,1-2H3/t9-,10+,11-/m0/s1. The lowest BCUT2D eigenvalue weighted by molar-refractivity contribution is 0.0906. The van der Waals surface area contributed by atoms with E-state index in [9.17, 15) is 0 Å². The number of nitrogens with zero attached hydrogens (tertiary/aromatic N) is 1. The van der Waals surface area contributed by atoms with E-state index in [1.54, 1.807) is 0 Å². The molecule has 0 aromatic carbocycles. The Kier molecular flexibility index (Phi) is 2.40. The number of hydrogen-bond donors (Lipinski definition) is 0. The molecule has 0 bridgehead atoms. The monoisotopic (exact) mass is 167 g/mol. The largest absolute Gasteiger partial charge is 0.295 e. The van der Waals surface area contributed by atoms with Crippen LogP contribution in [0.5, 0.6) is 0 Å². The van der Waals surface area contributed by atoms with Crippen LogP contribution in [-0.4, -0.2) is 23.0 Å². The summed E-state index contributed by atoms with van der Waals surface area (Å²) in [5.74, 6) is 0. The predicted molar refractivity (Wildman–Crippen MR) is 52.3 cm³/mol. The maximum absolute atomic E-state index is 2.81. The highest BCUT2D eigenvalue weighted by Crippen LogP contribution is 2.35. The van der Waals surface area contributed by atoms with E-state index in [0.717, 1.165) is 18.1 Å². The van der Waals surface area contributed by atoms with Gasteiger partial charge in [0.05, 0.1) is 0 Å². The highest BCUT2D eigenvalue weighted by Gasteiger charge is 2.37. The third-order valence-electron chi connectivity index (χ3n) is 3.82. The Morgan fingerprint density at radius 1 is 1.17 bits per heavy atom. The molecule has 0 aromatic rings. The summed E-state index contributed by atoms with van der Waals surface area (Å²) in [5, 5.41) is 0. The molecule has 2 rings (SSSR count). The molecule has 2 aliphatic rings. The average Bonchev–Trinajstić information content (AvgIpc) is 2.49. The van der Waals surface area contributed by atoms with Crippen molar-refractivity contribution >= 4 is 0 Å². The van der Waals surface area contributed by atoms with Gasteiger partial charge in [0.2, 0.25) is 0 Å². The lowest BCUT2D eigenvalue weighted by atomic mass is 9.97. The number of piperidine rings is 1. The Morgan fingerprint density at radius 3 is 2.75 bits per heavy atom. The smallest absolute Gasteiger partial charge is 0.0102 e. The SMILES string of the molecule is CC[C@@H]1CC[C@@H]2CCC[C@H](C)N21. The summed E-state index contributed by atoms with van der Waals surface area (Å²) in [6, 6.07) is 2.75. The second-order valence-corrected chi connectivity index (χ2v) is 4.52. The first-order valence-electron chi connectivity index (χ1n) is 5.60. The van der Waals surface area contributed by atoms with Gasteiger partial charge in [-0.05, 0) is 39.0 Å². The van der Waals surface area contributed by atoms with Crippen molar-refractivity contribution < 1.29 is 0 Å². The van der Waals surface area contributed by atoms with Crippen molar-refractivity contribution in [1.82, 2.24) is 4.90 Å². The van der Waals surface area contributed by atoms with Crippen molar-refractivity contribution in [2.24, 2.45) is 0 Å². The molecule has 0 radical (unpaired) electrons. The van der Waals surface area contributed by atoms with Crippen LogP contribution in [0.3, 0.4) is 0 Å². The van der Waals surface area contributed by atoms with E-state index in [-0.39, 0.29) is 0 Å². The normalized spacial score (nSPS) is 43.0. The maximum Gasteiger partial charge on any atom is 0.0102 e. The molecular weight excluding hydrogens is 146 g/mol. The minimum absolute atomic E-state index is 0.871. The van der Waals surface area contributed by atoms with Gasteiger partial charge in [-0.1, -0.05) is 13.3 Å². The Hall–Kier alpha value is -0.0400. The first-order chi connectivity index (χ1) is 5.83. The molecule has 12 heavy (non-hydrogen) atoms. The zero-order valence-electron chi connectivity index (χ0n) is 8.42. The van der Waals surface area contributed by atoms with Crippen LogP contribution in [0.25, 0.3) is 0 Å². The van der Waals surface area contributed by atoms with Gasteiger partial charge >= 0.3 is 0 Å². The summed E-state index contributed by atoms with van der Waals surface area (Å²) in [7, 11) is 0. The maximum atomic E-state index is 2.81. The molecule has 1 heteroatoms. The summed E-state index contributed by atoms with van der Waals surface area (Å²) in [5.41, 5.74) is 0. The molecule has 0 spiro atoms. The van der Waals surface area contributed by atoms with Crippen molar-refractivity contribution in [2.75, 3.05) is 0 Å². The van der Waals surface area contributed by atoms with Gasteiger partial charge in [-0.2, -0.15) is 0 Å². The molecule has 2 fully saturated rings. The minimum atomic E-state index is 0.871. The van der Waals surface area contributed by atoms with E-state index in [0.29, 0.717) is 0 Å². The third kappa shape index (κ3) is 1.28. The summed E-state index contributed by atoms with van der Waals surface area (Å²) < 4.78 is 0. The number of rotatable bonds is 1. The molecule has 2 heterocycles. The Bertz CT molecular complexity index is 149. The second kappa shape index (κ2) is 3.37. The van der Waals surface area contributed by atoms with E-state index in [2.05, 4.69) is 18.7 Å². The highest BCUT2D eigenvalue weighted by molar-refractivity contribution is 4.92. The minimum Gasteiger partial charge on any atom is -0.295 e. The van der Waals surface area contributed by atoms with E-state index < -0.39 is 0 Å². The molecule has 0 N–H and O–H groups in total. The van der Waals surface area contributed by atoms with Gasteiger partial charge in [0.1, 0.15) is 0 Å². The van der Waals surface area contributed by atoms with Crippen LogP contribution in [-0.2, 0) is 0 Å². The average molecular weight is 167 g/mol. The number of hydrogen-bond acceptors (Lipinski definition) is 1. The van der Waals surface area contributed by atoms with Crippen molar-refractivity contribution in [3.63, 3.8) is 0 Å². The van der Waals surface area contributed by atoms with Crippen LogP contribution >= 0.6 is 0 Å². The predicted octanol–water partition coefficient (Wildman–Crippen LogP) is 2.80. The fraction of sp³-hybridized carbons (Fsp3) is 1.00. The first kappa shape index (κ1) is 8.55. The van der Waals surface area contributed by atoms with Crippen LogP contribution in [0.4, 0.5) is 0 Å². The van der Waals surface area contributed by atoms with Gasteiger partial charge in [-0.25, -0.2) is 0 Å². The molecule has 1 nitrogen and oxygen atoms in total. The van der Waals surface area contributed by atoms with Crippen molar-refractivity contribution in [1.29, 1.82) is 0 Å². The molecule has 3 atom stereocenters. The zero-order valence-corrected chi connectivity index (χ0v) is 8.42. The zero-order chi connectivity index (χ0) is 8.55. The molecular formula is C11H21N. The lowest BCUT2D eigenvalue weighted by Crippen LogP contribution is -2.45. The molecule has 0 unspecified atom stereocenters. The molecule has 0 saturated carbocycles.